The van der Waals surface area contributed by atoms with E-state index in [0.717, 1.165) is 11.0 Å². The lowest BCUT2D eigenvalue weighted by atomic mass is 10.2. The minimum atomic E-state index is -3.83. The average molecular weight is 327 g/mol. The Bertz CT molecular complexity index is 721. The van der Waals surface area contributed by atoms with Crippen molar-refractivity contribution in [2.45, 2.75) is 17.4 Å². The summed E-state index contributed by atoms with van der Waals surface area (Å²) in [6, 6.07) is 3.78. The number of hydrogen-bond donors (Lipinski definition) is 1. The molecule has 0 bridgehead atoms. The van der Waals surface area contributed by atoms with E-state index in [1.807, 2.05) is 0 Å². The topological polar surface area (TPSA) is 86.8 Å². The molecule has 1 aromatic carbocycles. The number of hydrogen-bond acceptors (Lipinski definition) is 4. The molecule has 2 aliphatic heterocycles. The maximum atomic E-state index is 13.2. The number of rotatable bonds is 3. The smallest absolute Gasteiger partial charge is 0.324 e. The molecule has 1 N–H and O–H groups in total. The second-order valence-corrected chi connectivity index (χ2v) is 7.12. The van der Waals surface area contributed by atoms with E-state index in [9.17, 15) is 22.4 Å². The number of benzene rings is 1. The number of carbonyl (C=O) groups excluding carboxylic acids is 2. The molecule has 9 heteroatoms. The van der Waals surface area contributed by atoms with Crippen molar-refractivity contribution in [3.63, 3.8) is 0 Å². The van der Waals surface area contributed by atoms with Crippen LogP contribution in [0.15, 0.2) is 29.2 Å². The zero-order valence-electron chi connectivity index (χ0n) is 11.5. The van der Waals surface area contributed by atoms with Gasteiger partial charge in [-0.2, -0.15) is 4.31 Å². The molecular formula is C13H14FN3O4S. The lowest BCUT2D eigenvalue weighted by Gasteiger charge is -2.21. The number of urea groups is 1. The molecule has 7 nitrogen and oxygen atoms in total. The Morgan fingerprint density at radius 1 is 1.27 bits per heavy atom. The van der Waals surface area contributed by atoms with Gasteiger partial charge in [-0.05, 0) is 24.6 Å². The fourth-order valence-corrected chi connectivity index (χ4v) is 4.24. The molecule has 3 rings (SSSR count). The van der Waals surface area contributed by atoms with Gasteiger partial charge in [-0.25, -0.2) is 17.6 Å². The van der Waals surface area contributed by atoms with Crippen molar-refractivity contribution >= 4 is 22.0 Å². The Morgan fingerprint density at radius 2 is 2.05 bits per heavy atom. The van der Waals surface area contributed by atoms with Crippen molar-refractivity contribution in [3.05, 3.63) is 30.1 Å². The number of amides is 3. The number of nitrogens with zero attached hydrogens (tertiary/aromatic N) is 2. The molecule has 0 saturated carbocycles. The van der Waals surface area contributed by atoms with Gasteiger partial charge in [0.1, 0.15) is 5.82 Å². The zero-order valence-corrected chi connectivity index (χ0v) is 12.3. The van der Waals surface area contributed by atoms with Crippen molar-refractivity contribution in [1.29, 1.82) is 0 Å². The molecule has 2 saturated heterocycles. The number of sulfonamides is 1. The Kier molecular flexibility index (Phi) is 3.61. The molecule has 1 unspecified atom stereocenters. The van der Waals surface area contributed by atoms with Gasteiger partial charge < -0.3 is 5.32 Å². The third kappa shape index (κ3) is 2.46. The first-order valence-corrected chi connectivity index (χ1v) is 8.19. The molecule has 0 radical (unpaired) electrons. The number of carbonyl (C=O) groups is 2. The fourth-order valence-electron chi connectivity index (χ4n) is 2.72. The Hall–Kier alpha value is -2.00. The maximum absolute atomic E-state index is 13.2. The summed E-state index contributed by atoms with van der Waals surface area (Å²) < 4.78 is 39.3. The van der Waals surface area contributed by atoms with Crippen molar-refractivity contribution < 1.29 is 22.4 Å². The molecule has 2 fully saturated rings. The summed E-state index contributed by atoms with van der Waals surface area (Å²) in [6.07, 6.45) is 0.369. The van der Waals surface area contributed by atoms with Gasteiger partial charge in [-0.15, -0.1) is 0 Å². The highest BCUT2D eigenvalue weighted by Crippen LogP contribution is 2.25. The highest BCUT2D eigenvalue weighted by molar-refractivity contribution is 7.89. The van der Waals surface area contributed by atoms with Crippen LogP contribution in [0, 0.1) is 5.82 Å². The van der Waals surface area contributed by atoms with Crippen LogP contribution in [0.1, 0.15) is 6.42 Å². The summed E-state index contributed by atoms with van der Waals surface area (Å²) in [5.41, 5.74) is 0. The third-order valence-electron chi connectivity index (χ3n) is 3.80. The van der Waals surface area contributed by atoms with Crippen molar-refractivity contribution in [2.24, 2.45) is 0 Å². The number of nitrogens with one attached hydrogen (secondary N) is 1. The summed E-state index contributed by atoms with van der Waals surface area (Å²) in [5.74, 6) is -0.995. The minimum absolute atomic E-state index is 0.0258. The first-order valence-electron chi connectivity index (χ1n) is 6.75. The lowest BCUT2D eigenvalue weighted by molar-refractivity contribution is -0.126. The summed E-state index contributed by atoms with van der Waals surface area (Å²) in [4.78, 5) is 24.2. The van der Waals surface area contributed by atoms with E-state index in [0.29, 0.717) is 6.42 Å². The van der Waals surface area contributed by atoms with Gasteiger partial charge in [0.15, 0.2) is 0 Å². The van der Waals surface area contributed by atoms with Crippen molar-refractivity contribution in [3.8, 4) is 0 Å². The quantitative estimate of drug-likeness (QED) is 0.800. The van der Waals surface area contributed by atoms with Gasteiger partial charge >= 0.3 is 6.03 Å². The van der Waals surface area contributed by atoms with Crippen LogP contribution >= 0.6 is 0 Å². The zero-order chi connectivity index (χ0) is 15.9. The maximum Gasteiger partial charge on any atom is 0.324 e. The van der Waals surface area contributed by atoms with Crippen LogP contribution in [-0.2, 0) is 14.8 Å². The van der Waals surface area contributed by atoms with Gasteiger partial charge in [0.2, 0.25) is 15.9 Å². The van der Waals surface area contributed by atoms with E-state index in [2.05, 4.69) is 5.32 Å². The standard InChI is InChI=1S/C13H14FN3O4S/c14-9-2-1-3-11(6-9)22(20,21)16-5-4-10(8-16)17-12(18)7-15-13(17)19/h1-3,6,10H,4-5,7-8H2,(H,15,19). The van der Waals surface area contributed by atoms with Gasteiger partial charge in [0.25, 0.3) is 0 Å². The van der Waals surface area contributed by atoms with Gasteiger partial charge in [0, 0.05) is 13.1 Å². The Balaban J connectivity index is 1.80. The summed E-state index contributed by atoms with van der Waals surface area (Å²) in [5, 5.41) is 2.41. The SMILES string of the molecule is O=C1CNC(=O)N1C1CCN(S(=O)(=O)c2cccc(F)c2)C1. The molecule has 118 valence electrons. The number of halogens is 1. The molecule has 1 aromatic rings. The van der Waals surface area contributed by atoms with Crippen LogP contribution in [0.3, 0.4) is 0 Å². The molecule has 1 atom stereocenters. The molecule has 0 aliphatic carbocycles. The predicted molar refractivity (Wildman–Crippen MR) is 73.8 cm³/mol. The van der Waals surface area contributed by atoms with Gasteiger partial charge in [-0.3, -0.25) is 9.69 Å². The monoisotopic (exact) mass is 327 g/mol. The molecular weight excluding hydrogens is 313 g/mol. The highest BCUT2D eigenvalue weighted by atomic mass is 32.2. The van der Waals surface area contributed by atoms with Crippen LogP contribution in [-0.4, -0.2) is 55.2 Å². The molecule has 2 aliphatic rings. The van der Waals surface area contributed by atoms with Gasteiger partial charge in [-0.1, -0.05) is 6.07 Å². The minimum Gasteiger partial charge on any atom is -0.329 e. The Labute approximate surface area is 126 Å². The largest absolute Gasteiger partial charge is 0.329 e. The number of imide groups is 1. The average Bonchev–Trinajstić information content (AvgIpc) is 3.06. The molecule has 22 heavy (non-hydrogen) atoms. The summed E-state index contributed by atoms with van der Waals surface area (Å²) >= 11 is 0. The lowest BCUT2D eigenvalue weighted by Crippen LogP contribution is -2.42. The van der Waals surface area contributed by atoms with Gasteiger partial charge in [0.05, 0.1) is 17.5 Å². The van der Waals surface area contributed by atoms with E-state index in [4.69, 9.17) is 0 Å². The van der Waals surface area contributed by atoms with Crippen LogP contribution in [0.25, 0.3) is 0 Å². The second-order valence-electron chi connectivity index (χ2n) is 5.19. The fraction of sp³-hybridized carbons (Fsp3) is 0.385. The first-order chi connectivity index (χ1) is 10.4. The van der Waals surface area contributed by atoms with Crippen LogP contribution in [0.4, 0.5) is 9.18 Å². The van der Waals surface area contributed by atoms with E-state index in [1.165, 1.54) is 22.5 Å². The molecule has 3 amide bonds. The summed E-state index contributed by atoms with van der Waals surface area (Å²) in [7, 11) is -3.83. The van der Waals surface area contributed by atoms with E-state index < -0.39 is 27.9 Å². The second kappa shape index (κ2) is 5.33. The Morgan fingerprint density at radius 3 is 2.68 bits per heavy atom. The third-order valence-corrected chi connectivity index (χ3v) is 5.66. The van der Waals surface area contributed by atoms with Crippen LogP contribution in [0.2, 0.25) is 0 Å². The summed E-state index contributed by atoms with van der Waals surface area (Å²) in [6.45, 7) is 0.143. The highest BCUT2D eigenvalue weighted by Gasteiger charge is 2.41. The van der Waals surface area contributed by atoms with E-state index in [1.54, 1.807) is 0 Å². The van der Waals surface area contributed by atoms with E-state index >= 15 is 0 Å². The van der Waals surface area contributed by atoms with Crippen LogP contribution in [0.5, 0.6) is 0 Å². The van der Waals surface area contributed by atoms with E-state index in [-0.39, 0.29) is 30.4 Å². The van der Waals surface area contributed by atoms with Crippen molar-refractivity contribution in [1.82, 2.24) is 14.5 Å². The molecule has 2 heterocycles. The molecule has 0 spiro atoms. The first kappa shape index (κ1) is 14.9. The molecule has 0 aromatic heterocycles. The van der Waals surface area contributed by atoms with Crippen molar-refractivity contribution in [2.75, 3.05) is 19.6 Å². The van der Waals surface area contributed by atoms with Crippen LogP contribution < -0.4 is 5.32 Å². The predicted octanol–water partition coefficient (Wildman–Crippen LogP) is 0.141. The normalized spacial score (nSPS) is 23.1.